The minimum atomic E-state index is 0.169. The summed E-state index contributed by atoms with van der Waals surface area (Å²) in [6.45, 7) is 5.06. The number of ether oxygens (including phenoxy) is 1. The first-order chi connectivity index (χ1) is 13.2. The molecule has 0 aromatic heterocycles. The number of likely N-dealkylation sites (tertiary alicyclic amines) is 1. The first kappa shape index (κ1) is 19.4. The molecule has 0 atom stereocenters. The fourth-order valence-electron chi connectivity index (χ4n) is 3.87. The van der Waals surface area contributed by atoms with Crippen molar-refractivity contribution in [3.05, 3.63) is 60.2 Å². The van der Waals surface area contributed by atoms with Crippen molar-refractivity contribution < 1.29 is 9.53 Å². The summed E-state index contributed by atoms with van der Waals surface area (Å²) in [5.41, 5.74) is 2.28. The number of methoxy groups -OCH3 is 1. The van der Waals surface area contributed by atoms with Crippen molar-refractivity contribution >= 4 is 11.6 Å². The monoisotopic (exact) mass is 366 g/mol. The number of nitrogens with zero attached hydrogens (tertiary/aromatic N) is 2. The third-order valence-electron chi connectivity index (χ3n) is 5.40. The van der Waals surface area contributed by atoms with Crippen LogP contribution in [0.3, 0.4) is 0 Å². The van der Waals surface area contributed by atoms with Gasteiger partial charge in [-0.1, -0.05) is 49.4 Å². The van der Waals surface area contributed by atoms with E-state index in [9.17, 15) is 4.79 Å². The van der Waals surface area contributed by atoms with Gasteiger partial charge in [-0.2, -0.15) is 0 Å². The minimum Gasteiger partial charge on any atom is -0.495 e. The van der Waals surface area contributed by atoms with Gasteiger partial charge >= 0.3 is 0 Å². The van der Waals surface area contributed by atoms with E-state index in [1.807, 2.05) is 36.1 Å². The van der Waals surface area contributed by atoms with Crippen molar-refractivity contribution in [1.29, 1.82) is 0 Å². The van der Waals surface area contributed by atoms with Gasteiger partial charge in [-0.25, -0.2) is 0 Å². The average molecular weight is 367 g/mol. The Balaban J connectivity index is 1.63. The molecule has 0 unspecified atom stereocenters. The SMILES string of the molecule is CCC(=O)N(c1ccccc1OC)C1CCN(CCc2ccccc2)CC1. The summed E-state index contributed by atoms with van der Waals surface area (Å²) in [5, 5.41) is 0. The Morgan fingerprint density at radius 2 is 1.74 bits per heavy atom. The molecule has 1 aliphatic heterocycles. The average Bonchev–Trinajstić information content (AvgIpc) is 2.74. The first-order valence-corrected chi connectivity index (χ1v) is 9.94. The molecule has 2 aromatic carbocycles. The molecule has 27 heavy (non-hydrogen) atoms. The maximum absolute atomic E-state index is 12.7. The number of hydrogen-bond donors (Lipinski definition) is 0. The number of piperidine rings is 1. The largest absolute Gasteiger partial charge is 0.495 e. The van der Waals surface area contributed by atoms with Crippen molar-refractivity contribution in [1.82, 2.24) is 4.90 Å². The summed E-state index contributed by atoms with van der Waals surface area (Å²) in [4.78, 5) is 17.2. The third-order valence-corrected chi connectivity index (χ3v) is 5.40. The van der Waals surface area contributed by atoms with Crippen LogP contribution in [0, 0.1) is 0 Å². The topological polar surface area (TPSA) is 32.8 Å². The van der Waals surface area contributed by atoms with Gasteiger partial charge in [0.1, 0.15) is 5.75 Å². The Morgan fingerprint density at radius 3 is 2.41 bits per heavy atom. The van der Waals surface area contributed by atoms with Gasteiger partial charge in [-0.3, -0.25) is 4.79 Å². The molecule has 0 bridgehead atoms. The molecule has 4 nitrogen and oxygen atoms in total. The van der Waals surface area contributed by atoms with Crippen molar-refractivity contribution in [3.8, 4) is 5.75 Å². The van der Waals surface area contributed by atoms with Crippen LogP contribution in [0.15, 0.2) is 54.6 Å². The molecule has 4 heteroatoms. The van der Waals surface area contributed by atoms with Crippen LogP contribution in [-0.2, 0) is 11.2 Å². The molecular formula is C23H30N2O2. The van der Waals surface area contributed by atoms with Crippen LogP contribution in [0.2, 0.25) is 0 Å². The van der Waals surface area contributed by atoms with Gasteiger partial charge in [0, 0.05) is 32.1 Å². The van der Waals surface area contributed by atoms with E-state index in [1.54, 1.807) is 7.11 Å². The van der Waals surface area contributed by atoms with E-state index in [2.05, 4.69) is 35.2 Å². The predicted molar refractivity (Wildman–Crippen MR) is 110 cm³/mol. The highest BCUT2D eigenvalue weighted by Gasteiger charge is 2.29. The lowest BCUT2D eigenvalue weighted by Gasteiger charge is -2.39. The van der Waals surface area contributed by atoms with Gasteiger partial charge in [-0.05, 0) is 37.0 Å². The quantitative estimate of drug-likeness (QED) is 0.738. The van der Waals surface area contributed by atoms with E-state index in [0.717, 1.165) is 50.3 Å². The molecule has 0 radical (unpaired) electrons. The number of anilines is 1. The zero-order valence-electron chi connectivity index (χ0n) is 16.4. The van der Waals surface area contributed by atoms with Gasteiger partial charge in [0.15, 0.2) is 0 Å². The molecule has 0 spiro atoms. The smallest absolute Gasteiger partial charge is 0.227 e. The summed E-state index contributed by atoms with van der Waals surface area (Å²) in [6.07, 6.45) is 3.58. The predicted octanol–water partition coefficient (Wildman–Crippen LogP) is 4.15. The summed E-state index contributed by atoms with van der Waals surface area (Å²) in [6, 6.07) is 18.7. The third kappa shape index (κ3) is 4.89. The number of para-hydroxylation sites is 2. The first-order valence-electron chi connectivity index (χ1n) is 9.94. The second kappa shape index (κ2) is 9.56. The van der Waals surface area contributed by atoms with E-state index in [1.165, 1.54) is 5.56 Å². The highest BCUT2D eigenvalue weighted by Crippen LogP contribution is 2.32. The lowest BCUT2D eigenvalue weighted by atomic mass is 10.0. The van der Waals surface area contributed by atoms with Crippen LogP contribution in [-0.4, -0.2) is 43.6 Å². The van der Waals surface area contributed by atoms with Crippen molar-refractivity contribution in [3.63, 3.8) is 0 Å². The van der Waals surface area contributed by atoms with Crippen molar-refractivity contribution in [2.45, 2.75) is 38.6 Å². The van der Waals surface area contributed by atoms with Crippen molar-refractivity contribution in [2.24, 2.45) is 0 Å². The summed E-state index contributed by atoms with van der Waals surface area (Å²) in [7, 11) is 1.67. The van der Waals surface area contributed by atoms with Crippen LogP contribution >= 0.6 is 0 Å². The van der Waals surface area contributed by atoms with Gasteiger partial charge in [0.25, 0.3) is 0 Å². The molecule has 3 rings (SSSR count). The van der Waals surface area contributed by atoms with E-state index < -0.39 is 0 Å². The lowest BCUT2D eigenvalue weighted by Crippen LogP contribution is -2.48. The zero-order valence-corrected chi connectivity index (χ0v) is 16.4. The van der Waals surface area contributed by atoms with Gasteiger partial charge in [0.2, 0.25) is 5.91 Å². The molecule has 1 fully saturated rings. The Morgan fingerprint density at radius 1 is 1.07 bits per heavy atom. The van der Waals surface area contributed by atoms with Gasteiger partial charge in [0.05, 0.1) is 12.8 Å². The molecule has 1 amide bonds. The van der Waals surface area contributed by atoms with Crippen LogP contribution in [0.1, 0.15) is 31.7 Å². The summed E-state index contributed by atoms with van der Waals surface area (Å²) in [5.74, 6) is 0.938. The molecule has 1 aliphatic rings. The normalized spacial score (nSPS) is 15.5. The molecule has 1 saturated heterocycles. The van der Waals surface area contributed by atoms with Crippen LogP contribution < -0.4 is 9.64 Å². The fraction of sp³-hybridized carbons (Fsp3) is 0.435. The van der Waals surface area contributed by atoms with Crippen LogP contribution in [0.4, 0.5) is 5.69 Å². The lowest BCUT2D eigenvalue weighted by molar-refractivity contribution is -0.119. The Hall–Kier alpha value is -2.33. The fourth-order valence-corrected chi connectivity index (χ4v) is 3.87. The molecule has 0 aliphatic carbocycles. The van der Waals surface area contributed by atoms with E-state index in [0.29, 0.717) is 6.42 Å². The highest BCUT2D eigenvalue weighted by molar-refractivity contribution is 5.95. The minimum absolute atomic E-state index is 0.169. The zero-order chi connectivity index (χ0) is 19.1. The molecule has 2 aromatic rings. The number of benzene rings is 2. The maximum Gasteiger partial charge on any atom is 0.227 e. The summed E-state index contributed by atoms with van der Waals surface area (Å²) < 4.78 is 5.52. The van der Waals surface area contributed by atoms with Gasteiger partial charge < -0.3 is 14.5 Å². The Bertz CT molecular complexity index is 724. The molecule has 0 saturated carbocycles. The molecule has 1 heterocycles. The highest BCUT2D eigenvalue weighted by atomic mass is 16.5. The van der Waals surface area contributed by atoms with Crippen molar-refractivity contribution in [2.75, 3.05) is 31.6 Å². The maximum atomic E-state index is 12.7. The number of amides is 1. The standard InChI is InChI=1S/C23H30N2O2/c1-3-23(26)25(21-11-7-8-12-22(21)27-2)20-14-17-24(18-15-20)16-13-19-9-5-4-6-10-19/h4-12,20H,3,13-18H2,1-2H3. The van der Waals surface area contributed by atoms with E-state index in [-0.39, 0.29) is 11.9 Å². The number of carbonyl (C=O) groups excluding carboxylic acids is 1. The van der Waals surface area contributed by atoms with E-state index in [4.69, 9.17) is 4.74 Å². The van der Waals surface area contributed by atoms with Crippen LogP contribution in [0.25, 0.3) is 0 Å². The molecule has 144 valence electrons. The summed E-state index contributed by atoms with van der Waals surface area (Å²) >= 11 is 0. The van der Waals surface area contributed by atoms with Gasteiger partial charge in [-0.15, -0.1) is 0 Å². The second-order valence-corrected chi connectivity index (χ2v) is 7.10. The van der Waals surface area contributed by atoms with E-state index >= 15 is 0 Å². The number of rotatable bonds is 7. The molecular weight excluding hydrogens is 336 g/mol. The Labute approximate surface area is 162 Å². The Kier molecular flexibility index (Phi) is 6.88. The number of hydrogen-bond acceptors (Lipinski definition) is 3. The molecule has 0 N–H and O–H groups in total. The number of carbonyl (C=O) groups is 1. The van der Waals surface area contributed by atoms with Crippen LogP contribution in [0.5, 0.6) is 5.75 Å². The second-order valence-electron chi connectivity index (χ2n) is 7.10.